The number of piperidine rings is 1. The Morgan fingerprint density at radius 2 is 2.17 bits per heavy atom. The largest absolute Gasteiger partial charge is 0.465 e. The predicted molar refractivity (Wildman–Crippen MR) is 91.0 cm³/mol. The van der Waals surface area contributed by atoms with E-state index in [0.717, 1.165) is 42.9 Å². The van der Waals surface area contributed by atoms with Crippen molar-refractivity contribution < 1.29 is 9.53 Å². The summed E-state index contributed by atoms with van der Waals surface area (Å²) in [7, 11) is 0. The van der Waals surface area contributed by atoms with Crippen molar-refractivity contribution in [3.8, 4) is 0 Å². The molecule has 1 saturated heterocycles. The van der Waals surface area contributed by atoms with E-state index in [1.54, 1.807) is 0 Å². The number of ether oxygens (including phenoxy) is 1. The fourth-order valence-corrected chi connectivity index (χ4v) is 2.96. The molecule has 0 saturated carbocycles. The van der Waals surface area contributed by atoms with Crippen molar-refractivity contribution in [3.63, 3.8) is 0 Å². The van der Waals surface area contributed by atoms with Gasteiger partial charge in [0.2, 0.25) is 0 Å². The van der Waals surface area contributed by atoms with Crippen LogP contribution in [0, 0.1) is 0 Å². The summed E-state index contributed by atoms with van der Waals surface area (Å²) in [5.74, 6) is 1.12. The number of nitrogens with one attached hydrogen (secondary N) is 2. The molecule has 2 aromatic rings. The third-order valence-corrected chi connectivity index (χ3v) is 4.22. The third-order valence-electron chi connectivity index (χ3n) is 4.22. The highest BCUT2D eigenvalue weighted by Crippen LogP contribution is 2.30. The molecule has 0 unspecified atom stereocenters. The molecular formula is C16H23ClN4O2. The highest BCUT2D eigenvalue weighted by Gasteiger charge is 2.21. The monoisotopic (exact) mass is 338 g/mol. The lowest BCUT2D eigenvalue weighted by atomic mass is 9.90. The van der Waals surface area contributed by atoms with Crippen molar-refractivity contribution in [2.24, 2.45) is 0 Å². The summed E-state index contributed by atoms with van der Waals surface area (Å²) in [5.41, 5.74) is 3.05. The number of fused-ring (bicyclic) bond motifs is 1. The van der Waals surface area contributed by atoms with Gasteiger partial charge in [-0.2, -0.15) is 0 Å². The summed E-state index contributed by atoms with van der Waals surface area (Å²) in [4.78, 5) is 23.3. The number of esters is 1. The number of aromatic amines is 1. The smallest absolute Gasteiger partial charge is 0.302 e. The molecule has 126 valence electrons. The van der Waals surface area contributed by atoms with Crippen LogP contribution < -0.4 is 5.32 Å². The number of rotatable bonds is 4. The quantitative estimate of drug-likeness (QED) is 0.837. The van der Waals surface area contributed by atoms with Gasteiger partial charge in [-0.15, -0.1) is 12.4 Å². The van der Waals surface area contributed by atoms with Gasteiger partial charge in [-0.25, -0.2) is 9.97 Å². The number of hydrogen-bond acceptors (Lipinski definition) is 5. The maximum Gasteiger partial charge on any atom is 0.302 e. The van der Waals surface area contributed by atoms with E-state index < -0.39 is 0 Å². The highest BCUT2D eigenvalue weighted by atomic mass is 35.5. The Kier molecular flexibility index (Phi) is 5.96. The first-order chi connectivity index (χ1) is 10.6. The lowest BCUT2D eigenvalue weighted by molar-refractivity contribution is -0.141. The zero-order chi connectivity index (χ0) is 15.5. The van der Waals surface area contributed by atoms with Crippen LogP contribution in [0.15, 0.2) is 12.3 Å². The summed E-state index contributed by atoms with van der Waals surface area (Å²) in [6, 6.07) is 2.08. The van der Waals surface area contributed by atoms with Crippen LogP contribution in [0.4, 0.5) is 0 Å². The maximum absolute atomic E-state index is 10.9. The molecule has 6 nitrogen and oxygen atoms in total. The van der Waals surface area contributed by atoms with Crippen LogP contribution in [0.1, 0.15) is 49.9 Å². The number of aromatic nitrogens is 3. The van der Waals surface area contributed by atoms with Gasteiger partial charge in [0.1, 0.15) is 17.9 Å². The van der Waals surface area contributed by atoms with Crippen molar-refractivity contribution >= 4 is 29.5 Å². The van der Waals surface area contributed by atoms with E-state index in [-0.39, 0.29) is 24.3 Å². The molecule has 1 atom stereocenters. The molecule has 2 N–H and O–H groups in total. The zero-order valence-corrected chi connectivity index (χ0v) is 14.3. The standard InChI is InChI=1S/C16H22N4O2.ClH/c1-10(9-22-11(2)21)15-19-14-13(5-8-18-16(14)20-15)12-3-6-17-7-4-12;/h5,8,10,12,17H,3-4,6-7,9H2,1-2H3,(H,18,19,20);1H/t10-;/m1./s1. The SMILES string of the molecule is CC(=O)OC[C@@H](C)c1nc2c(C3CCNCC3)ccnc2[nH]1.Cl. The molecular weight excluding hydrogens is 316 g/mol. The lowest BCUT2D eigenvalue weighted by Gasteiger charge is -2.22. The second kappa shape index (κ2) is 7.75. The average molecular weight is 339 g/mol. The average Bonchev–Trinajstić information content (AvgIpc) is 2.97. The molecule has 1 fully saturated rings. The summed E-state index contributed by atoms with van der Waals surface area (Å²) in [6.45, 7) is 5.84. The Hall–Kier alpha value is -1.66. The van der Waals surface area contributed by atoms with Crippen LogP contribution in [-0.2, 0) is 9.53 Å². The first kappa shape index (κ1) is 17.7. The first-order valence-electron chi connectivity index (χ1n) is 7.83. The van der Waals surface area contributed by atoms with Gasteiger partial charge in [0.05, 0.1) is 0 Å². The number of carbonyl (C=O) groups excluding carboxylic acids is 1. The summed E-state index contributed by atoms with van der Waals surface area (Å²) >= 11 is 0. The van der Waals surface area contributed by atoms with Gasteiger partial charge in [-0.3, -0.25) is 4.79 Å². The molecule has 0 aliphatic carbocycles. The Morgan fingerprint density at radius 3 is 2.87 bits per heavy atom. The number of H-pyrrole nitrogens is 1. The van der Waals surface area contributed by atoms with Gasteiger partial charge in [-0.1, -0.05) is 6.92 Å². The van der Waals surface area contributed by atoms with E-state index in [9.17, 15) is 4.79 Å². The maximum atomic E-state index is 10.9. The Bertz CT molecular complexity index is 667. The molecule has 0 spiro atoms. The number of halogens is 1. The predicted octanol–water partition coefficient (Wildman–Crippen LogP) is 2.51. The summed E-state index contributed by atoms with van der Waals surface area (Å²) in [6.07, 6.45) is 4.10. The molecule has 23 heavy (non-hydrogen) atoms. The van der Waals surface area contributed by atoms with E-state index >= 15 is 0 Å². The van der Waals surface area contributed by atoms with Crippen molar-refractivity contribution in [1.29, 1.82) is 0 Å². The summed E-state index contributed by atoms with van der Waals surface area (Å²) < 4.78 is 5.07. The van der Waals surface area contributed by atoms with E-state index in [0.29, 0.717) is 12.5 Å². The molecule has 0 amide bonds. The lowest BCUT2D eigenvalue weighted by Crippen LogP contribution is -2.26. The van der Waals surface area contributed by atoms with Gasteiger partial charge >= 0.3 is 5.97 Å². The number of nitrogens with zero attached hydrogens (tertiary/aromatic N) is 2. The minimum absolute atomic E-state index is 0. The van der Waals surface area contributed by atoms with Gasteiger partial charge in [0, 0.05) is 19.0 Å². The number of hydrogen-bond donors (Lipinski definition) is 2. The van der Waals surface area contributed by atoms with Gasteiger partial charge < -0.3 is 15.0 Å². The summed E-state index contributed by atoms with van der Waals surface area (Å²) in [5, 5.41) is 3.39. The van der Waals surface area contributed by atoms with Crippen LogP contribution >= 0.6 is 12.4 Å². The molecule has 0 aromatic carbocycles. The second-order valence-corrected chi connectivity index (χ2v) is 5.95. The zero-order valence-electron chi connectivity index (χ0n) is 13.5. The van der Waals surface area contributed by atoms with E-state index in [2.05, 4.69) is 21.4 Å². The second-order valence-electron chi connectivity index (χ2n) is 5.95. The fraction of sp³-hybridized carbons (Fsp3) is 0.562. The number of imidazole rings is 1. The molecule has 1 aliphatic heterocycles. The highest BCUT2D eigenvalue weighted by molar-refractivity contribution is 5.85. The molecule has 0 radical (unpaired) electrons. The van der Waals surface area contributed by atoms with Crippen molar-refractivity contribution in [3.05, 3.63) is 23.7 Å². The Morgan fingerprint density at radius 1 is 1.43 bits per heavy atom. The Balaban J connectivity index is 0.00000192. The first-order valence-corrected chi connectivity index (χ1v) is 7.83. The van der Waals surface area contributed by atoms with E-state index in [1.807, 2.05) is 13.1 Å². The van der Waals surface area contributed by atoms with Crippen LogP contribution in [0.2, 0.25) is 0 Å². The van der Waals surface area contributed by atoms with Crippen LogP contribution in [0.5, 0.6) is 0 Å². The van der Waals surface area contributed by atoms with Gasteiger partial charge in [0.25, 0.3) is 0 Å². The Labute approximate surface area is 141 Å². The van der Waals surface area contributed by atoms with Gasteiger partial charge in [-0.05, 0) is 43.5 Å². The molecule has 7 heteroatoms. The minimum Gasteiger partial charge on any atom is -0.465 e. The van der Waals surface area contributed by atoms with E-state index in [1.165, 1.54) is 12.5 Å². The topological polar surface area (TPSA) is 79.9 Å². The molecule has 2 aromatic heterocycles. The van der Waals surface area contributed by atoms with Crippen LogP contribution in [0.3, 0.4) is 0 Å². The normalized spacial score (nSPS) is 16.8. The van der Waals surface area contributed by atoms with E-state index in [4.69, 9.17) is 9.72 Å². The van der Waals surface area contributed by atoms with Crippen molar-refractivity contribution in [2.75, 3.05) is 19.7 Å². The van der Waals surface area contributed by atoms with Crippen LogP contribution in [0.25, 0.3) is 11.2 Å². The van der Waals surface area contributed by atoms with Crippen molar-refractivity contribution in [2.45, 2.75) is 38.5 Å². The third kappa shape index (κ3) is 4.00. The minimum atomic E-state index is -0.267. The van der Waals surface area contributed by atoms with Gasteiger partial charge in [0.15, 0.2) is 5.65 Å². The number of carbonyl (C=O) groups is 1. The fourth-order valence-electron chi connectivity index (χ4n) is 2.96. The molecule has 3 heterocycles. The molecule has 0 bridgehead atoms. The molecule has 1 aliphatic rings. The van der Waals surface area contributed by atoms with Crippen LogP contribution in [-0.4, -0.2) is 40.6 Å². The number of pyridine rings is 1. The molecule has 3 rings (SSSR count). The van der Waals surface area contributed by atoms with Crippen molar-refractivity contribution in [1.82, 2.24) is 20.3 Å².